The third-order valence-electron chi connectivity index (χ3n) is 2.73. The van der Waals surface area contributed by atoms with Crippen LogP contribution in [-0.2, 0) is 0 Å². The Bertz CT molecular complexity index is 466. The number of unbranched alkanes of at least 4 members (excludes halogenated alkanes) is 1. The van der Waals surface area contributed by atoms with Gasteiger partial charge >= 0.3 is 0 Å². The predicted molar refractivity (Wildman–Crippen MR) is 69.9 cm³/mol. The van der Waals surface area contributed by atoms with Crippen molar-refractivity contribution in [3.8, 4) is 17.9 Å². The van der Waals surface area contributed by atoms with Gasteiger partial charge < -0.3 is 4.74 Å². The van der Waals surface area contributed by atoms with Crippen molar-refractivity contribution in [1.29, 1.82) is 10.5 Å². The fraction of sp³-hybridized carbons (Fsp3) is 0.467. The molecule has 0 aliphatic heterocycles. The fourth-order valence-corrected chi connectivity index (χ4v) is 1.57. The molecule has 94 valence electrons. The minimum Gasteiger partial charge on any atom is -0.494 e. The Morgan fingerprint density at radius 2 is 2.00 bits per heavy atom. The van der Waals surface area contributed by atoms with Crippen molar-refractivity contribution in [2.45, 2.75) is 33.1 Å². The lowest BCUT2D eigenvalue weighted by Crippen LogP contribution is -2.08. The molecule has 0 saturated heterocycles. The van der Waals surface area contributed by atoms with Crippen LogP contribution in [0.5, 0.6) is 5.75 Å². The summed E-state index contributed by atoms with van der Waals surface area (Å²) in [7, 11) is 0. The Morgan fingerprint density at radius 1 is 1.22 bits per heavy atom. The van der Waals surface area contributed by atoms with E-state index < -0.39 is 0 Å². The Balaban J connectivity index is 2.27. The second-order valence-electron chi connectivity index (χ2n) is 4.94. The number of rotatable bonds is 6. The molecule has 3 nitrogen and oxygen atoms in total. The van der Waals surface area contributed by atoms with E-state index >= 15 is 0 Å². The lowest BCUT2D eigenvalue weighted by Gasteiger charge is -2.14. The van der Waals surface area contributed by atoms with Gasteiger partial charge in [0.2, 0.25) is 0 Å². The topological polar surface area (TPSA) is 56.8 Å². The maximum Gasteiger partial charge on any atom is 0.120 e. The highest BCUT2D eigenvalue weighted by molar-refractivity contribution is 5.36. The zero-order valence-electron chi connectivity index (χ0n) is 10.9. The van der Waals surface area contributed by atoms with Crippen LogP contribution < -0.4 is 4.74 Å². The predicted octanol–water partition coefficient (Wildman–Crippen LogP) is 3.66. The SMILES string of the molecule is CC(C)(C#N)CCCCOc1cccc(C#N)c1. The molecule has 0 N–H and O–H groups in total. The van der Waals surface area contributed by atoms with Gasteiger partial charge in [0.1, 0.15) is 5.75 Å². The highest BCUT2D eigenvalue weighted by Gasteiger charge is 2.15. The van der Waals surface area contributed by atoms with Crippen LogP contribution in [0.3, 0.4) is 0 Å². The van der Waals surface area contributed by atoms with Gasteiger partial charge in [-0.25, -0.2) is 0 Å². The molecular weight excluding hydrogens is 224 g/mol. The Kier molecular flexibility index (Phi) is 5.21. The molecule has 0 aliphatic carbocycles. The van der Waals surface area contributed by atoms with Crippen LogP contribution in [0, 0.1) is 28.1 Å². The lowest BCUT2D eigenvalue weighted by atomic mass is 9.89. The smallest absolute Gasteiger partial charge is 0.120 e. The van der Waals surface area contributed by atoms with Gasteiger partial charge in [0.25, 0.3) is 0 Å². The molecule has 1 rings (SSSR count). The summed E-state index contributed by atoms with van der Waals surface area (Å²) in [6.07, 6.45) is 2.77. The summed E-state index contributed by atoms with van der Waals surface area (Å²) in [5.74, 6) is 0.730. The Labute approximate surface area is 109 Å². The van der Waals surface area contributed by atoms with Crippen LogP contribution >= 0.6 is 0 Å². The normalized spacial score (nSPS) is 10.4. The molecule has 0 atom stereocenters. The first-order valence-corrected chi connectivity index (χ1v) is 6.11. The molecule has 0 heterocycles. The summed E-state index contributed by atoms with van der Waals surface area (Å²) in [4.78, 5) is 0. The third-order valence-corrected chi connectivity index (χ3v) is 2.73. The number of nitriles is 2. The van der Waals surface area contributed by atoms with E-state index in [2.05, 4.69) is 12.1 Å². The highest BCUT2D eigenvalue weighted by atomic mass is 16.5. The molecular formula is C15H18N2O. The molecule has 1 aromatic rings. The maximum atomic E-state index is 8.87. The van der Waals surface area contributed by atoms with Crippen LogP contribution in [0.2, 0.25) is 0 Å². The minimum absolute atomic E-state index is 0.249. The van der Waals surface area contributed by atoms with Crippen molar-refractivity contribution in [1.82, 2.24) is 0 Å². The average Bonchev–Trinajstić information content (AvgIpc) is 2.38. The van der Waals surface area contributed by atoms with Gasteiger partial charge in [-0.2, -0.15) is 10.5 Å². The van der Waals surface area contributed by atoms with E-state index in [0.29, 0.717) is 12.2 Å². The van der Waals surface area contributed by atoms with E-state index in [1.807, 2.05) is 26.0 Å². The van der Waals surface area contributed by atoms with Crippen LogP contribution in [0.4, 0.5) is 0 Å². The van der Waals surface area contributed by atoms with E-state index in [1.165, 1.54) is 0 Å². The van der Waals surface area contributed by atoms with Crippen LogP contribution in [-0.4, -0.2) is 6.61 Å². The van der Waals surface area contributed by atoms with Crippen molar-refractivity contribution in [2.75, 3.05) is 6.61 Å². The second-order valence-corrected chi connectivity index (χ2v) is 4.94. The van der Waals surface area contributed by atoms with Crippen molar-refractivity contribution in [3.63, 3.8) is 0 Å². The van der Waals surface area contributed by atoms with Crippen LogP contribution in [0.25, 0.3) is 0 Å². The molecule has 0 radical (unpaired) electrons. The highest BCUT2D eigenvalue weighted by Crippen LogP contribution is 2.21. The number of hydrogen-bond acceptors (Lipinski definition) is 3. The summed E-state index contributed by atoms with van der Waals surface area (Å²) in [5, 5.41) is 17.6. The molecule has 0 unspecified atom stereocenters. The second kappa shape index (κ2) is 6.67. The molecule has 0 saturated carbocycles. The standard InChI is InChI=1S/C15H18N2O/c1-15(2,12-17)8-3-4-9-18-14-7-5-6-13(10-14)11-16/h5-7,10H,3-4,8-9H2,1-2H3. The minimum atomic E-state index is -0.249. The van der Waals surface area contributed by atoms with E-state index in [0.717, 1.165) is 25.0 Å². The monoisotopic (exact) mass is 242 g/mol. The Hall–Kier alpha value is -2.00. The summed E-state index contributed by atoms with van der Waals surface area (Å²) in [6, 6.07) is 11.5. The number of hydrogen-bond donors (Lipinski definition) is 0. The third kappa shape index (κ3) is 4.89. The number of benzene rings is 1. The van der Waals surface area contributed by atoms with E-state index in [4.69, 9.17) is 15.3 Å². The fourth-order valence-electron chi connectivity index (χ4n) is 1.57. The van der Waals surface area contributed by atoms with Crippen molar-refractivity contribution < 1.29 is 4.74 Å². The van der Waals surface area contributed by atoms with E-state index in [9.17, 15) is 0 Å². The molecule has 1 aromatic carbocycles. The first-order valence-electron chi connectivity index (χ1n) is 6.11. The van der Waals surface area contributed by atoms with Crippen LogP contribution in [0.15, 0.2) is 24.3 Å². The molecule has 0 bridgehead atoms. The summed E-state index contributed by atoms with van der Waals surface area (Å²) >= 11 is 0. The maximum absolute atomic E-state index is 8.87. The number of ether oxygens (including phenoxy) is 1. The van der Waals surface area contributed by atoms with Gasteiger partial charge in [0, 0.05) is 0 Å². The summed E-state index contributed by atoms with van der Waals surface area (Å²) in [6.45, 7) is 4.52. The molecule has 3 heteroatoms. The zero-order valence-corrected chi connectivity index (χ0v) is 10.9. The van der Waals surface area contributed by atoms with E-state index in [-0.39, 0.29) is 5.41 Å². The summed E-state index contributed by atoms with van der Waals surface area (Å²) in [5.41, 5.74) is 0.360. The quantitative estimate of drug-likeness (QED) is 0.715. The lowest BCUT2D eigenvalue weighted by molar-refractivity contribution is 0.295. The van der Waals surface area contributed by atoms with Crippen molar-refractivity contribution in [2.24, 2.45) is 5.41 Å². The van der Waals surface area contributed by atoms with Crippen molar-refractivity contribution >= 4 is 0 Å². The van der Waals surface area contributed by atoms with Crippen molar-refractivity contribution in [3.05, 3.63) is 29.8 Å². The first-order chi connectivity index (χ1) is 8.57. The molecule has 0 amide bonds. The van der Waals surface area contributed by atoms with E-state index in [1.54, 1.807) is 12.1 Å². The molecule has 18 heavy (non-hydrogen) atoms. The molecule has 0 aromatic heterocycles. The number of nitrogens with zero attached hydrogens (tertiary/aromatic N) is 2. The van der Waals surface area contributed by atoms with Gasteiger partial charge in [0.05, 0.1) is 29.7 Å². The molecule has 0 fully saturated rings. The Morgan fingerprint density at radius 3 is 2.67 bits per heavy atom. The van der Waals surface area contributed by atoms with Gasteiger partial charge in [0.15, 0.2) is 0 Å². The zero-order chi connectivity index (χ0) is 13.4. The van der Waals surface area contributed by atoms with Gasteiger partial charge in [-0.3, -0.25) is 0 Å². The van der Waals surface area contributed by atoms with Gasteiger partial charge in [-0.05, 0) is 51.3 Å². The van der Waals surface area contributed by atoms with Gasteiger partial charge in [-0.15, -0.1) is 0 Å². The molecule has 0 aliphatic rings. The van der Waals surface area contributed by atoms with Gasteiger partial charge in [-0.1, -0.05) is 6.07 Å². The molecule has 0 spiro atoms. The average molecular weight is 242 g/mol. The largest absolute Gasteiger partial charge is 0.494 e. The first kappa shape index (κ1) is 14.1. The van der Waals surface area contributed by atoms with Crippen LogP contribution in [0.1, 0.15) is 38.7 Å². The summed E-state index contributed by atoms with van der Waals surface area (Å²) < 4.78 is 5.56.